The number of hydrogen-bond donors (Lipinski definition) is 2. The van der Waals surface area contributed by atoms with Gasteiger partial charge >= 0.3 is 0 Å². The first-order valence-corrected chi connectivity index (χ1v) is 8.19. The lowest BCUT2D eigenvalue weighted by Crippen LogP contribution is -2.39. The smallest absolute Gasteiger partial charge is 0.251 e. The van der Waals surface area contributed by atoms with Crippen molar-refractivity contribution in [2.75, 3.05) is 43.4 Å². The molecule has 6 heteroatoms. The number of thioether (sulfide) groups is 1. The molecule has 1 saturated heterocycles. The van der Waals surface area contributed by atoms with E-state index in [1.807, 2.05) is 24.8 Å². The molecule has 0 aromatic carbocycles. The first kappa shape index (κ1) is 15.1. The molecule has 2 rings (SSSR count). The Labute approximate surface area is 124 Å². The Balaban J connectivity index is 1.83. The molecule has 1 aliphatic heterocycles. The first-order valence-electron chi connectivity index (χ1n) is 7.03. The molecule has 5 nitrogen and oxygen atoms in total. The Morgan fingerprint density at radius 2 is 2.20 bits per heavy atom. The van der Waals surface area contributed by atoms with Crippen LogP contribution < -0.4 is 11.1 Å². The number of nitrogen functional groups attached to an aromatic ring is 1. The fourth-order valence-corrected chi connectivity index (χ4v) is 3.16. The quantitative estimate of drug-likeness (QED) is 0.848. The van der Waals surface area contributed by atoms with E-state index in [9.17, 15) is 4.79 Å². The SMILES string of the molecule is CCc1cc(C(=O)NCCN2CCSCC2)cc(N)n1. The number of carbonyl (C=O) groups excluding carboxylic acids is 1. The number of hydrogen-bond acceptors (Lipinski definition) is 5. The fourth-order valence-electron chi connectivity index (χ4n) is 2.18. The standard InChI is InChI=1S/C14H22N4OS/c1-2-12-9-11(10-13(15)17-12)14(19)16-3-4-18-5-7-20-8-6-18/h9-10H,2-8H2,1H3,(H2,15,17)(H,16,19). The molecule has 0 saturated carbocycles. The van der Waals surface area contributed by atoms with E-state index >= 15 is 0 Å². The first-order chi connectivity index (χ1) is 9.69. The summed E-state index contributed by atoms with van der Waals surface area (Å²) in [6.07, 6.45) is 0.775. The second-order valence-electron chi connectivity index (χ2n) is 4.84. The van der Waals surface area contributed by atoms with Crippen LogP contribution >= 0.6 is 11.8 Å². The number of rotatable bonds is 5. The van der Waals surface area contributed by atoms with Gasteiger partial charge in [-0.05, 0) is 18.6 Å². The molecule has 1 fully saturated rings. The topological polar surface area (TPSA) is 71.2 Å². The third-order valence-corrected chi connectivity index (χ3v) is 4.28. The van der Waals surface area contributed by atoms with Crippen molar-refractivity contribution >= 4 is 23.5 Å². The minimum atomic E-state index is -0.0693. The van der Waals surface area contributed by atoms with Gasteiger partial charge in [-0.25, -0.2) is 4.98 Å². The van der Waals surface area contributed by atoms with Gasteiger partial charge in [0.15, 0.2) is 0 Å². The van der Waals surface area contributed by atoms with Crippen molar-refractivity contribution in [1.82, 2.24) is 15.2 Å². The zero-order chi connectivity index (χ0) is 14.4. The van der Waals surface area contributed by atoms with E-state index in [1.54, 1.807) is 6.07 Å². The Bertz CT molecular complexity index is 460. The number of amides is 1. The third-order valence-electron chi connectivity index (χ3n) is 3.34. The van der Waals surface area contributed by atoms with Crippen LogP contribution in [-0.2, 0) is 6.42 Å². The van der Waals surface area contributed by atoms with Crippen LogP contribution in [0.15, 0.2) is 12.1 Å². The molecule has 1 aromatic rings. The van der Waals surface area contributed by atoms with E-state index in [4.69, 9.17) is 5.73 Å². The molecule has 0 radical (unpaired) electrons. The minimum absolute atomic E-state index is 0.0693. The average Bonchev–Trinajstić information content (AvgIpc) is 2.47. The molecule has 1 amide bonds. The summed E-state index contributed by atoms with van der Waals surface area (Å²) < 4.78 is 0. The molecule has 20 heavy (non-hydrogen) atoms. The Morgan fingerprint density at radius 1 is 1.45 bits per heavy atom. The monoisotopic (exact) mass is 294 g/mol. The number of carbonyl (C=O) groups is 1. The van der Waals surface area contributed by atoms with Crippen LogP contribution in [0, 0.1) is 0 Å². The van der Waals surface area contributed by atoms with Crippen LogP contribution in [0.1, 0.15) is 23.0 Å². The number of nitrogens with zero attached hydrogens (tertiary/aromatic N) is 2. The molecule has 1 aliphatic rings. The van der Waals surface area contributed by atoms with E-state index in [0.29, 0.717) is 17.9 Å². The number of pyridine rings is 1. The molecule has 0 aliphatic carbocycles. The zero-order valence-electron chi connectivity index (χ0n) is 11.9. The summed E-state index contributed by atoms with van der Waals surface area (Å²) in [5.41, 5.74) is 7.17. The summed E-state index contributed by atoms with van der Waals surface area (Å²) in [7, 11) is 0. The normalized spacial score (nSPS) is 16.1. The van der Waals surface area contributed by atoms with Gasteiger partial charge in [0.05, 0.1) is 0 Å². The van der Waals surface area contributed by atoms with E-state index in [1.165, 1.54) is 11.5 Å². The van der Waals surface area contributed by atoms with Crippen molar-refractivity contribution in [3.63, 3.8) is 0 Å². The van der Waals surface area contributed by atoms with Crippen LogP contribution in [0.5, 0.6) is 0 Å². The molecule has 2 heterocycles. The summed E-state index contributed by atoms with van der Waals surface area (Å²) in [6.45, 7) is 5.81. The van der Waals surface area contributed by atoms with Crippen molar-refractivity contribution < 1.29 is 4.79 Å². The molecule has 0 atom stereocenters. The van der Waals surface area contributed by atoms with E-state index in [2.05, 4.69) is 15.2 Å². The lowest BCUT2D eigenvalue weighted by Gasteiger charge is -2.26. The second-order valence-corrected chi connectivity index (χ2v) is 6.06. The summed E-state index contributed by atoms with van der Waals surface area (Å²) >= 11 is 1.99. The highest BCUT2D eigenvalue weighted by Crippen LogP contribution is 2.09. The number of nitrogens with one attached hydrogen (secondary N) is 1. The number of aromatic nitrogens is 1. The van der Waals surface area contributed by atoms with Crippen molar-refractivity contribution in [3.05, 3.63) is 23.4 Å². The fraction of sp³-hybridized carbons (Fsp3) is 0.571. The van der Waals surface area contributed by atoms with Gasteiger partial charge in [-0.3, -0.25) is 9.69 Å². The maximum atomic E-state index is 12.1. The molecule has 0 spiro atoms. The van der Waals surface area contributed by atoms with Gasteiger partial charge in [-0.1, -0.05) is 6.92 Å². The molecular weight excluding hydrogens is 272 g/mol. The van der Waals surface area contributed by atoms with E-state index in [-0.39, 0.29) is 5.91 Å². The van der Waals surface area contributed by atoms with Crippen molar-refractivity contribution in [2.24, 2.45) is 0 Å². The Kier molecular flexibility index (Phi) is 5.67. The lowest BCUT2D eigenvalue weighted by molar-refractivity contribution is 0.0948. The molecule has 0 bridgehead atoms. The molecule has 110 valence electrons. The zero-order valence-corrected chi connectivity index (χ0v) is 12.7. The maximum Gasteiger partial charge on any atom is 0.251 e. The lowest BCUT2D eigenvalue weighted by atomic mass is 10.2. The van der Waals surface area contributed by atoms with Gasteiger partial charge in [0.2, 0.25) is 0 Å². The maximum absolute atomic E-state index is 12.1. The molecule has 0 unspecified atom stereocenters. The van der Waals surface area contributed by atoms with Gasteiger partial charge in [0.25, 0.3) is 5.91 Å². The highest BCUT2D eigenvalue weighted by molar-refractivity contribution is 7.99. The minimum Gasteiger partial charge on any atom is -0.384 e. The van der Waals surface area contributed by atoms with Crippen LogP contribution in [0.2, 0.25) is 0 Å². The van der Waals surface area contributed by atoms with Gasteiger partial charge in [0.1, 0.15) is 5.82 Å². The van der Waals surface area contributed by atoms with Crippen LogP contribution in [0.4, 0.5) is 5.82 Å². The van der Waals surface area contributed by atoms with Crippen LogP contribution in [0.3, 0.4) is 0 Å². The van der Waals surface area contributed by atoms with Gasteiger partial charge < -0.3 is 11.1 Å². The van der Waals surface area contributed by atoms with Crippen LogP contribution in [0.25, 0.3) is 0 Å². The number of anilines is 1. The average molecular weight is 294 g/mol. The second kappa shape index (κ2) is 7.50. The third kappa shape index (κ3) is 4.38. The predicted molar refractivity (Wildman–Crippen MR) is 84.1 cm³/mol. The van der Waals surface area contributed by atoms with Crippen molar-refractivity contribution in [3.8, 4) is 0 Å². The number of nitrogens with two attached hydrogens (primary N) is 1. The van der Waals surface area contributed by atoms with E-state index < -0.39 is 0 Å². The Hall–Kier alpha value is -1.27. The highest BCUT2D eigenvalue weighted by atomic mass is 32.2. The summed E-state index contributed by atoms with van der Waals surface area (Å²) in [4.78, 5) is 18.6. The molecule has 1 aromatic heterocycles. The predicted octanol–water partition coefficient (Wildman–Crippen LogP) is 1.00. The summed E-state index contributed by atoms with van der Waals surface area (Å²) in [5.74, 6) is 2.71. The summed E-state index contributed by atoms with van der Waals surface area (Å²) in [5, 5.41) is 2.95. The van der Waals surface area contributed by atoms with Gasteiger partial charge in [-0.2, -0.15) is 11.8 Å². The van der Waals surface area contributed by atoms with Crippen molar-refractivity contribution in [1.29, 1.82) is 0 Å². The van der Waals surface area contributed by atoms with Gasteiger partial charge in [-0.15, -0.1) is 0 Å². The van der Waals surface area contributed by atoms with E-state index in [0.717, 1.165) is 31.7 Å². The Morgan fingerprint density at radius 3 is 2.90 bits per heavy atom. The largest absolute Gasteiger partial charge is 0.384 e. The highest BCUT2D eigenvalue weighted by Gasteiger charge is 2.11. The summed E-state index contributed by atoms with van der Waals surface area (Å²) in [6, 6.07) is 3.44. The number of aryl methyl sites for hydroxylation is 1. The van der Waals surface area contributed by atoms with Crippen LogP contribution in [-0.4, -0.2) is 53.5 Å². The molecular formula is C14H22N4OS. The van der Waals surface area contributed by atoms with Gasteiger partial charge in [0, 0.05) is 48.9 Å². The molecule has 3 N–H and O–H groups in total. The van der Waals surface area contributed by atoms with Crippen molar-refractivity contribution in [2.45, 2.75) is 13.3 Å².